The van der Waals surface area contributed by atoms with E-state index in [4.69, 9.17) is 0 Å². The quantitative estimate of drug-likeness (QED) is 0.361. The minimum atomic E-state index is -0.0717. The molecule has 0 aromatic rings. The van der Waals surface area contributed by atoms with Crippen LogP contribution in [0.15, 0.2) is 12.2 Å². The number of allylic oxidation sites excluding steroid dienone is 2. The van der Waals surface area contributed by atoms with E-state index in [1.54, 1.807) is 0 Å². The molecule has 0 unspecified atom stereocenters. The Bertz CT molecular complexity index is 665. The number of rotatable bonds is 8. The summed E-state index contributed by atoms with van der Waals surface area (Å²) in [7, 11) is 0. The van der Waals surface area contributed by atoms with E-state index in [0.29, 0.717) is 16.7 Å². The van der Waals surface area contributed by atoms with Crippen LogP contribution in [0, 0.1) is 58.2 Å². The first-order valence-electron chi connectivity index (χ1n) is 15.0. The van der Waals surface area contributed by atoms with Gasteiger partial charge in [-0.05, 0) is 122 Å². The zero-order chi connectivity index (χ0) is 23.8. The van der Waals surface area contributed by atoms with Gasteiger partial charge >= 0.3 is 0 Å². The standard InChI is InChI=1S/C32H56O/c1-7-8-9-13-25-28-15-14-24-27-17-16-26(23(4)12-10-11-22(2)3)31(27,5)20-18-29(24)32(28,6)21-19-30(25)33/h8-9,22-30,33H,7,10-21H2,1-6H3/b9-8+/t23-,24+,25+,26-,27+,28+,29+,30-,31-,32+/m1/s1. The van der Waals surface area contributed by atoms with Crippen LogP contribution in [0.5, 0.6) is 0 Å². The summed E-state index contributed by atoms with van der Waals surface area (Å²) in [6.45, 7) is 15.0. The molecule has 4 aliphatic carbocycles. The third kappa shape index (κ3) is 4.75. The highest BCUT2D eigenvalue weighted by Gasteiger charge is 2.61. The van der Waals surface area contributed by atoms with E-state index in [1.165, 1.54) is 64.2 Å². The van der Waals surface area contributed by atoms with Gasteiger partial charge in [0.25, 0.3) is 0 Å². The zero-order valence-corrected chi connectivity index (χ0v) is 23.0. The summed E-state index contributed by atoms with van der Waals surface area (Å²) in [5.74, 6) is 6.79. The fraction of sp³-hybridized carbons (Fsp3) is 0.938. The smallest absolute Gasteiger partial charge is 0.0574 e. The molecule has 10 atom stereocenters. The predicted octanol–water partition coefficient (Wildman–Crippen LogP) is 9.05. The Morgan fingerprint density at radius 2 is 1.52 bits per heavy atom. The summed E-state index contributed by atoms with van der Waals surface area (Å²) < 4.78 is 0. The van der Waals surface area contributed by atoms with E-state index in [1.807, 2.05) is 0 Å². The topological polar surface area (TPSA) is 20.2 Å². The predicted molar refractivity (Wildman–Crippen MR) is 142 cm³/mol. The van der Waals surface area contributed by atoms with Gasteiger partial charge in [0.2, 0.25) is 0 Å². The Hall–Kier alpha value is -0.300. The fourth-order valence-corrected chi connectivity index (χ4v) is 10.3. The molecule has 0 aromatic heterocycles. The lowest BCUT2D eigenvalue weighted by Gasteiger charge is -2.62. The van der Waals surface area contributed by atoms with Crippen molar-refractivity contribution in [3.05, 3.63) is 12.2 Å². The number of aliphatic hydroxyl groups excluding tert-OH is 1. The van der Waals surface area contributed by atoms with Gasteiger partial charge in [-0.25, -0.2) is 0 Å². The molecular formula is C32H56O. The summed E-state index contributed by atoms with van der Waals surface area (Å²) in [4.78, 5) is 0. The van der Waals surface area contributed by atoms with Gasteiger partial charge in [0.1, 0.15) is 0 Å². The van der Waals surface area contributed by atoms with Crippen molar-refractivity contribution in [1.29, 1.82) is 0 Å². The van der Waals surface area contributed by atoms with Gasteiger partial charge in [-0.1, -0.05) is 73.0 Å². The van der Waals surface area contributed by atoms with Crippen LogP contribution in [0.1, 0.15) is 125 Å². The van der Waals surface area contributed by atoms with Crippen LogP contribution in [-0.2, 0) is 0 Å². The summed E-state index contributed by atoms with van der Waals surface area (Å²) in [6.07, 6.45) is 22.2. The first kappa shape index (κ1) is 25.8. The highest BCUT2D eigenvalue weighted by atomic mass is 16.3. The Kier molecular flexibility index (Phi) is 8.09. The zero-order valence-electron chi connectivity index (χ0n) is 23.0. The Balaban J connectivity index is 1.47. The molecule has 0 saturated heterocycles. The average Bonchev–Trinajstić information content (AvgIpc) is 3.12. The van der Waals surface area contributed by atoms with E-state index in [0.717, 1.165) is 60.7 Å². The molecule has 4 aliphatic rings. The maximum absolute atomic E-state index is 11.0. The fourth-order valence-electron chi connectivity index (χ4n) is 10.3. The van der Waals surface area contributed by atoms with E-state index in [9.17, 15) is 5.11 Å². The van der Waals surface area contributed by atoms with E-state index in [2.05, 4.69) is 53.7 Å². The van der Waals surface area contributed by atoms with Gasteiger partial charge in [0.05, 0.1) is 6.10 Å². The van der Waals surface area contributed by atoms with Gasteiger partial charge in [-0.3, -0.25) is 0 Å². The second-order valence-electron chi connectivity index (χ2n) is 14.0. The maximum Gasteiger partial charge on any atom is 0.0574 e. The molecule has 4 saturated carbocycles. The number of fused-ring (bicyclic) bond motifs is 5. The van der Waals surface area contributed by atoms with Crippen LogP contribution in [0.25, 0.3) is 0 Å². The number of hydrogen-bond donors (Lipinski definition) is 1. The largest absolute Gasteiger partial charge is 0.393 e. The average molecular weight is 457 g/mol. The van der Waals surface area contributed by atoms with Crippen molar-refractivity contribution in [3.8, 4) is 0 Å². The maximum atomic E-state index is 11.0. The van der Waals surface area contributed by atoms with Crippen LogP contribution in [0.2, 0.25) is 0 Å². The monoisotopic (exact) mass is 456 g/mol. The molecule has 0 amide bonds. The molecule has 1 heteroatoms. The van der Waals surface area contributed by atoms with Crippen molar-refractivity contribution in [2.24, 2.45) is 58.2 Å². The van der Waals surface area contributed by atoms with Gasteiger partial charge < -0.3 is 5.11 Å². The molecule has 1 N–H and O–H groups in total. The second kappa shape index (κ2) is 10.4. The van der Waals surface area contributed by atoms with Crippen molar-refractivity contribution in [2.75, 3.05) is 0 Å². The Morgan fingerprint density at radius 1 is 0.818 bits per heavy atom. The van der Waals surface area contributed by atoms with Crippen LogP contribution in [0.3, 0.4) is 0 Å². The molecule has 4 fully saturated rings. The Morgan fingerprint density at radius 3 is 2.24 bits per heavy atom. The van der Waals surface area contributed by atoms with Crippen LogP contribution < -0.4 is 0 Å². The lowest BCUT2D eigenvalue weighted by atomic mass is 9.43. The van der Waals surface area contributed by atoms with Gasteiger partial charge in [0, 0.05) is 0 Å². The first-order valence-corrected chi connectivity index (χ1v) is 15.0. The van der Waals surface area contributed by atoms with Crippen molar-refractivity contribution in [3.63, 3.8) is 0 Å². The van der Waals surface area contributed by atoms with E-state index >= 15 is 0 Å². The van der Waals surface area contributed by atoms with E-state index < -0.39 is 0 Å². The molecule has 33 heavy (non-hydrogen) atoms. The molecule has 190 valence electrons. The molecule has 4 rings (SSSR count). The molecule has 0 aromatic carbocycles. The van der Waals surface area contributed by atoms with Crippen LogP contribution in [-0.4, -0.2) is 11.2 Å². The normalized spacial score (nSPS) is 46.2. The minimum Gasteiger partial charge on any atom is -0.393 e. The molecular weight excluding hydrogens is 400 g/mol. The number of hydrogen-bond acceptors (Lipinski definition) is 1. The van der Waals surface area contributed by atoms with Crippen molar-refractivity contribution >= 4 is 0 Å². The van der Waals surface area contributed by atoms with Crippen LogP contribution in [0.4, 0.5) is 0 Å². The van der Waals surface area contributed by atoms with Crippen molar-refractivity contribution < 1.29 is 5.11 Å². The Labute approximate surface area is 206 Å². The lowest BCUT2D eigenvalue weighted by molar-refractivity contribution is -0.152. The first-order chi connectivity index (χ1) is 15.7. The van der Waals surface area contributed by atoms with Crippen molar-refractivity contribution in [2.45, 2.75) is 131 Å². The van der Waals surface area contributed by atoms with Gasteiger partial charge in [0.15, 0.2) is 0 Å². The highest BCUT2D eigenvalue weighted by molar-refractivity contribution is 5.11. The lowest BCUT2D eigenvalue weighted by Crippen LogP contribution is -2.56. The molecule has 0 bridgehead atoms. The SMILES string of the molecule is CC/C=C/C[C@@H]1[C@H](O)CC[C@@]2(C)[C@H]1CC[C@@H]1[C@@H]2CC[C@]2(C)[C@@H]([C@H](C)CCCC(C)C)CC[C@@H]12. The minimum absolute atomic E-state index is 0.0717. The van der Waals surface area contributed by atoms with Crippen LogP contribution >= 0.6 is 0 Å². The number of aliphatic hydroxyl groups is 1. The van der Waals surface area contributed by atoms with E-state index in [-0.39, 0.29) is 6.10 Å². The highest BCUT2D eigenvalue weighted by Crippen LogP contribution is 2.69. The molecule has 0 heterocycles. The third-order valence-electron chi connectivity index (χ3n) is 11.9. The summed E-state index contributed by atoms with van der Waals surface area (Å²) in [5, 5.41) is 11.0. The summed E-state index contributed by atoms with van der Waals surface area (Å²) in [6, 6.07) is 0. The van der Waals surface area contributed by atoms with Gasteiger partial charge in [-0.2, -0.15) is 0 Å². The second-order valence-corrected chi connectivity index (χ2v) is 14.0. The van der Waals surface area contributed by atoms with Crippen molar-refractivity contribution in [1.82, 2.24) is 0 Å². The third-order valence-corrected chi connectivity index (χ3v) is 11.9. The molecule has 1 nitrogen and oxygen atoms in total. The molecule has 0 spiro atoms. The molecule has 0 aliphatic heterocycles. The summed E-state index contributed by atoms with van der Waals surface area (Å²) in [5.41, 5.74) is 1.06. The van der Waals surface area contributed by atoms with Gasteiger partial charge in [-0.15, -0.1) is 0 Å². The summed E-state index contributed by atoms with van der Waals surface area (Å²) >= 11 is 0. The molecule has 0 radical (unpaired) electrons.